The summed E-state index contributed by atoms with van der Waals surface area (Å²) in [5.74, 6) is 8.72. The molecular weight excluding hydrogens is 1000 g/mol. The van der Waals surface area contributed by atoms with Crippen molar-refractivity contribution >= 4 is 21.8 Å². The summed E-state index contributed by atoms with van der Waals surface area (Å²) in [4.78, 5) is 16.6. The molecule has 6 aliphatic carbocycles. The first-order chi connectivity index (χ1) is 40.6. The van der Waals surface area contributed by atoms with Crippen LogP contribution in [-0.2, 0) is 5.41 Å². The summed E-state index contributed by atoms with van der Waals surface area (Å²) < 4.78 is 2.38. The molecule has 0 bridgehead atoms. The zero-order chi connectivity index (χ0) is 55.8. The van der Waals surface area contributed by atoms with Gasteiger partial charge in [-0.3, -0.25) is 4.57 Å². The highest BCUT2D eigenvalue weighted by Crippen LogP contribution is 2.70. The second-order valence-electron chi connectivity index (χ2n) is 27.6. The van der Waals surface area contributed by atoms with Crippen molar-refractivity contribution < 1.29 is 0 Å². The normalized spacial score (nSPS) is 25.6. The number of fused-ring (bicyclic) bond motifs is 19. The topological polar surface area (TPSA) is 43.6 Å². The number of aromatic nitrogens is 4. The Balaban J connectivity index is 0.780. The van der Waals surface area contributed by atoms with Crippen LogP contribution in [0.3, 0.4) is 0 Å². The fourth-order valence-corrected chi connectivity index (χ4v) is 19.5. The van der Waals surface area contributed by atoms with E-state index in [4.69, 9.17) is 15.0 Å². The maximum Gasteiger partial charge on any atom is 0.238 e. The van der Waals surface area contributed by atoms with Gasteiger partial charge in [0.15, 0.2) is 11.6 Å². The van der Waals surface area contributed by atoms with E-state index in [2.05, 4.69) is 227 Å². The zero-order valence-electron chi connectivity index (χ0n) is 49.3. The third-order valence-electron chi connectivity index (χ3n) is 23.4. The minimum atomic E-state index is -0.496. The van der Waals surface area contributed by atoms with Crippen LogP contribution in [0, 0.1) is 52.3 Å². The van der Waals surface area contributed by atoms with E-state index in [1.807, 2.05) is 0 Å². The maximum absolute atomic E-state index is 5.64. The average molecular weight is 1080 g/mol. The van der Waals surface area contributed by atoms with Crippen molar-refractivity contribution in [2.75, 3.05) is 0 Å². The molecule has 6 aliphatic rings. The number of hydrogen-bond acceptors (Lipinski definition) is 3. The van der Waals surface area contributed by atoms with Gasteiger partial charge in [-0.2, -0.15) is 9.97 Å². The van der Waals surface area contributed by atoms with Gasteiger partial charge in [0, 0.05) is 27.5 Å². The first-order valence-corrected chi connectivity index (χ1v) is 32.0. The zero-order valence-corrected chi connectivity index (χ0v) is 49.3. The molecule has 9 atom stereocenters. The lowest BCUT2D eigenvalue weighted by Gasteiger charge is -2.61. The molecule has 83 heavy (non-hydrogen) atoms. The highest BCUT2D eigenvalue weighted by Gasteiger charge is 2.61. The Hall–Kier alpha value is -7.43. The summed E-state index contributed by atoms with van der Waals surface area (Å²) in [5.41, 5.74) is 18.9. The minimum absolute atomic E-state index is 0.460. The van der Waals surface area contributed by atoms with Crippen LogP contribution in [0.1, 0.15) is 145 Å². The quantitative estimate of drug-likeness (QED) is 0.137. The molecule has 0 aliphatic heterocycles. The van der Waals surface area contributed by atoms with Gasteiger partial charge < -0.3 is 0 Å². The second-order valence-corrected chi connectivity index (χ2v) is 27.6. The van der Waals surface area contributed by atoms with Gasteiger partial charge in [0.25, 0.3) is 0 Å². The molecule has 414 valence electrons. The van der Waals surface area contributed by atoms with Gasteiger partial charge in [0.05, 0.1) is 16.4 Å². The first-order valence-electron chi connectivity index (χ1n) is 32.0. The smallest absolute Gasteiger partial charge is 0.238 e. The molecule has 0 amide bonds. The molecule has 4 fully saturated rings. The van der Waals surface area contributed by atoms with E-state index in [1.165, 1.54) is 149 Å². The fourth-order valence-electron chi connectivity index (χ4n) is 19.5. The maximum atomic E-state index is 5.64. The molecule has 1 spiro atoms. The van der Waals surface area contributed by atoms with E-state index in [9.17, 15) is 0 Å². The molecule has 8 aromatic carbocycles. The van der Waals surface area contributed by atoms with Gasteiger partial charge in [0.2, 0.25) is 5.95 Å². The van der Waals surface area contributed by atoms with Crippen molar-refractivity contribution in [1.82, 2.24) is 19.5 Å². The lowest BCUT2D eigenvalue weighted by Crippen LogP contribution is -2.53. The molecule has 10 aromatic rings. The van der Waals surface area contributed by atoms with Gasteiger partial charge in [-0.1, -0.05) is 230 Å². The Kier molecular flexibility index (Phi) is 12.1. The van der Waals surface area contributed by atoms with Crippen LogP contribution in [0.5, 0.6) is 0 Å². The van der Waals surface area contributed by atoms with Crippen molar-refractivity contribution in [3.8, 4) is 62.1 Å². The van der Waals surface area contributed by atoms with Gasteiger partial charge in [-0.05, 0) is 184 Å². The highest BCUT2D eigenvalue weighted by atomic mass is 15.2. The molecule has 0 N–H and O–H groups in total. The lowest BCUT2D eigenvalue weighted by atomic mass is 9.43. The van der Waals surface area contributed by atoms with Crippen LogP contribution in [0.15, 0.2) is 188 Å². The molecule has 0 radical (unpaired) electrons. The molecule has 0 saturated heterocycles. The molecule has 4 saturated carbocycles. The van der Waals surface area contributed by atoms with Crippen molar-refractivity contribution in [3.63, 3.8) is 0 Å². The third kappa shape index (κ3) is 7.72. The van der Waals surface area contributed by atoms with Crippen molar-refractivity contribution in [2.45, 2.75) is 123 Å². The predicted octanol–water partition coefficient (Wildman–Crippen LogP) is 20.5. The number of benzene rings is 8. The molecule has 1 unspecified atom stereocenters. The van der Waals surface area contributed by atoms with E-state index in [0.29, 0.717) is 34.3 Å². The van der Waals surface area contributed by atoms with Crippen LogP contribution in [0.2, 0.25) is 0 Å². The summed E-state index contributed by atoms with van der Waals surface area (Å²) >= 11 is 0. The Morgan fingerprint density at radius 1 is 0.494 bits per heavy atom. The Bertz CT molecular complexity index is 4090. The molecule has 16 rings (SSSR count). The first kappa shape index (κ1) is 51.2. The van der Waals surface area contributed by atoms with Gasteiger partial charge in [0.1, 0.15) is 0 Å². The van der Waals surface area contributed by atoms with Crippen molar-refractivity contribution in [2.24, 2.45) is 52.3 Å². The van der Waals surface area contributed by atoms with E-state index >= 15 is 0 Å². The van der Waals surface area contributed by atoms with Crippen LogP contribution >= 0.6 is 0 Å². The lowest BCUT2D eigenvalue weighted by molar-refractivity contribution is -0.117. The molecule has 2 heterocycles. The SMILES string of the molecule is CC(C)CCC[C@@H](C)[C@H]1CC[C@H]2[C@@H]3CC[C@H]4CC(c5ccc(-c6nc(-c7ccccc7)nc(-n7c8ccc(-c9ccccc9)cc8c8ccc9c(c87)-c7ccccc7C97c8ccccc8-c8ccccc87)n6)cc5)CC[C@]4(C)[C@H]3CC[C@]12C. The van der Waals surface area contributed by atoms with Crippen LogP contribution in [0.4, 0.5) is 0 Å². The Morgan fingerprint density at radius 2 is 1.10 bits per heavy atom. The Labute approximate surface area is 491 Å². The van der Waals surface area contributed by atoms with Crippen LogP contribution in [0.25, 0.3) is 83.9 Å². The monoisotopic (exact) mass is 1080 g/mol. The number of hydrogen-bond donors (Lipinski definition) is 0. The second kappa shape index (κ2) is 19.6. The molecule has 4 nitrogen and oxygen atoms in total. The number of nitrogens with zero attached hydrogens (tertiary/aromatic N) is 4. The van der Waals surface area contributed by atoms with Crippen LogP contribution < -0.4 is 0 Å². The summed E-state index contributed by atoms with van der Waals surface area (Å²) in [5, 5.41) is 2.35. The van der Waals surface area contributed by atoms with Crippen molar-refractivity contribution in [3.05, 3.63) is 216 Å². The molecule has 4 heteroatoms. The summed E-state index contributed by atoms with van der Waals surface area (Å²) in [6.07, 6.45) is 16.9. The Morgan fingerprint density at radius 3 is 1.80 bits per heavy atom. The summed E-state index contributed by atoms with van der Waals surface area (Å²) in [6, 6.07) is 70.0. The summed E-state index contributed by atoms with van der Waals surface area (Å²) in [7, 11) is 0. The minimum Gasteiger partial charge on any atom is -0.277 e. The van der Waals surface area contributed by atoms with E-state index < -0.39 is 5.41 Å². The predicted molar refractivity (Wildman–Crippen MR) is 343 cm³/mol. The van der Waals surface area contributed by atoms with Gasteiger partial charge in [-0.25, -0.2) is 4.98 Å². The number of rotatable bonds is 10. The van der Waals surface area contributed by atoms with Crippen LogP contribution in [-0.4, -0.2) is 19.5 Å². The van der Waals surface area contributed by atoms with E-state index in [1.54, 1.807) is 0 Å². The van der Waals surface area contributed by atoms with Gasteiger partial charge in [-0.15, -0.1) is 0 Å². The highest BCUT2D eigenvalue weighted by molar-refractivity contribution is 6.17. The van der Waals surface area contributed by atoms with Crippen molar-refractivity contribution in [1.29, 1.82) is 0 Å². The average Bonchev–Trinajstić information content (AvgIpc) is 3.05. The van der Waals surface area contributed by atoms with E-state index in [0.717, 1.165) is 63.6 Å². The van der Waals surface area contributed by atoms with E-state index in [-0.39, 0.29) is 0 Å². The molecule has 2 aromatic heterocycles. The van der Waals surface area contributed by atoms with Gasteiger partial charge >= 0.3 is 0 Å². The largest absolute Gasteiger partial charge is 0.277 e. The third-order valence-corrected chi connectivity index (χ3v) is 23.4. The summed E-state index contributed by atoms with van der Waals surface area (Å²) in [6.45, 7) is 12.9. The fraction of sp³-hybridized carbons (Fsp3) is 0.354. The standard InChI is InChI=1S/C79H78N4/c1-49(2)19-18-20-50(3)64-40-41-65-61-37-36-57-47-56(43-45-77(57,4)66(61)44-46-78(64,65)5)52-31-33-54(34-32-52)75-80-74(53-23-10-7-11-24-53)81-76(82-75)83-71-42-35-55(51-21-8-6-9-22-51)48-63(71)60-38-39-70-72(73(60)83)62-27-14-17-30-69(62)79(70)67-28-15-12-25-58(67)59-26-13-16-29-68(59)79/h6-17,21-35,38-39,42,48-50,56-57,61,64-66H,18-20,36-37,40-41,43-47H2,1-5H3/t50-,56?,57+,61+,64-,65+,66+,77+,78-/m1/s1. The molecular formula is C79H78N4.